The lowest BCUT2D eigenvalue weighted by molar-refractivity contribution is -0.118. The number of Topliss-reactive ketones (excluding diaryl/α,β-unsaturated/α-hetero) is 1. The van der Waals surface area contributed by atoms with Crippen LogP contribution in [0.4, 0.5) is 0 Å². The molecule has 48 valence electrons. The van der Waals surface area contributed by atoms with E-state index in [9.17, 15) is 4.79 Å². The largest absolute Gasteiger partial charge is 0.300 e. The van der Waals surface area contributed by atoms with Crippen molar-refractivity contribution in [2.75, 3.05) is 0 Å². The molecule has 0 radical (unpaired) electrons. The van der Waals surface area contributed by atoms with E-state index in [0.717, 1.165) is 6.42 Å². The third kappa shape index (κ3) is 5.27. The molecule has 0 amide bonds. The Labute approximate surface area is 76.9 Å². The molecule has 0 aromatic carbocycles. The van der Waals surface area contributed by atoms with Gasteiger partial charge in [0.1, 0.15) is 5.78 Å². The highest BCUT2D eigenvalue weighted by Gasteiger charge is 2.02. The molecule has 1 nitrogen and oxygen atoms in total. The number of hydrogen-bond acceptors (Lipinski definition) is 1. The summed E-state index contributed by atoms with van der Waals surface area (Å²) >= 11 is 4.49. The summed E-state index contributed by atoms with van der Waals surface area (Å²) in [6, 6.07) is 0. The second-order valence-corrected chi connectivity index (χ2v) is 6.88. The van der Waals surface area contributed by atoms with Crippen molar-refractivity contribution in [3.8, 4) is 0 Å². The average Bonchev–Trinajstić information content (AvgIpc) is 1.65. The maximum atomic E-state index is 10.6. The summed E-state index contributed by atoms with van der Waals surface area (Å²) in [7, 11) is 0. The molecule has 0 heterocycles. The summed E-state index contributed by atoms with van der Waals surface area (Å²) in [4.78, 5) is 10.6. The van der Waals surface area contributed by atoms with Gasteiger partial charge >= 0.3 is 0 Å². The average molecular weight is 338 g/mol. The van der Waals surface area contributed by atoms with E-state index in [1.54, 1.807) is 0 Å². The van der Waals surface area contributed by atoms with Crippen molar-refractivity contribution in [2.45, 2.75) is 21.7 Å². The zero-order chi connectivity index (χ0) is 6.57. The second kappa shape index (κ2) is 4.96. The van der Waals surface area contributed by atoms with Crippen LogP contribution in [-0.4, -0.2) is 7.71 Å². The molecule has 0 saturated heterocycles. The van der Waals surface area contributed by atoms with Crippen LogP contribution < -0.4 is 0 Å². The van der Waals surface area contributed by atoms with Gasteiger partial charge in [-0.1, -0.05) is 52.1 Å². The molecular formula is C5H8I2O. The number of halogens is 2. The maximum absolute atomic E-state index is 10.6. The van der Waals surface area contributed by atoms with Gasteiger partial charge in [-0.15, -0.1) is 0 Å². The van der Waals surface area contributed by atoms with Gasteiger partial charge in [-0.2, -0.15) is 0 Å². The van der Waals surface area contributed by atoms with Gasteiger partial charge in [0.25, 0.3) is 0 Å². The molecular weight excluding hydrogens is 330 g/mol. The number of ketones is 1. The Hall–Kier alpha value is 1.13. The SMILES string of the molecule is CCC(=O)CC(I)I. The quantitative estimate of drug-likeness (QED) is 0.571. The highest BCUT2D eigenvalue weighted by Crippen LogP contribution is 2.14. The standard InChI is InChI=1S/C5H8I2O/c1-2-4(8)3-5(6)7/h5H,2-3H2,1H3. The maximum Gasteiger partial charge on any atom is 0.134 e. The molecule has 0 aromatic heterocycles. The van der Waals surface area contributed by atoms with E-state index < -0.39 is 0 Å². The number of rotatable bonds is 3. The Balaban J connectivity index is 3.25. The monoisotopic (exact) mass is 338 g/mol. The minimum atomic E-state index is 0.360. The van der Waals surface area contributed by atoms with Gasteiger partial charge in [0.05, 0.1) is 1.93 Å². The molecule has 3 heteroatoms. The lowest BCUT2D eigenvalue weighted by Gasteiger charge is -1.95. The first-order chi connectivity index (χ1) is 3.66. The molecule has 0 aromatic rings. The zero-order valence-corrected chi connectivity index (χ0v) is 8.97. The summed E-state index contributed by atoms with van der Waals surface area (Å²) in [5.41, 5.74) is 0. The Morgan fingerprint density at radius 1 is 1.62 bits per heavy atom. The first kappa shape index (κ1) is 9.13. The zero-order valence-electron chi connectivity index (χ0n) is 4.66. The van der Waals surface area contributed by atoms with Crippen molar-refractivity contribution >= 4 is 51.0 Å². The smallest absolute Gasteiger partial charge is 0.134 e. The first-order valence-corrected chi connectivity index (χ1v) is 4.95. The van der Waals surface area contributed by atoms with E-state index in [4.69, 9.17) is 0 Å². The molecule has 0 fully saturated rings. The van der Waals surface area contributed by atoms with Crippen molar-refractivity contribution in [1.82, 2.24) is 0 Å². The summed E-state index contributed by atoms with van der Waals surface area (Å²) < 4.78 is 0.470. The molecule has 0 aliphatic carbocycles. The van der Waals surface area contributed by atoms with Crippen molar-refractivity contribution in [1.29, 1.82) is 0 Å². The van der Waals surface area contributed by atoms with Crippen molar-refractivity contribution < 1.29 is 4.79 Å². The van der Waals surface area contributed by atoms with E-state index >= 15 is 0 Å². The Morgan fingerprint density at radius 3 is 2.25 bits per heavy atom. The van der Waals surface area contributed by atoms with E-state index in [2.05, 4.69) is 45.2 Å². The van der Waals surface area contributed by atoms with Crippen molar-refractivity contribution in [3.05, 3.63) is 0 Å². The van der Waals surface area contributed by atoms with Crippen LogP contribution in [0, 0.1) is 0 Å². The van der Waals surface area contributed by atoms with Crippen LogP contribution in [0.5, 0.6) is 0 Å². The molecule has 0 atom stereocenters. The number of alkyl halides is 2. The van der Waals surface area contributed by atoms with E-state index in [-0.39, 0.29) is 0 Å². The fraction of sp³-hybridized carbons (Fsp3) is 0.800. The van der Waals surface area contributed by atoms with Crippen LogP contribution in [0.3, 0.4) is 0 Å². The minimum absolute atomic E-state index is 0.360. The molecule has 0 rings (SSSR count). The molecule has 0 saturated carbocycles. The third-order valence-electron chi connectivity index (χ3n) is 0.776. The fourth-order valence-electron chi connectivity index (χ4n) is 0.316. The minimum Gasteiger partial charge on any atom is -0.300 e. The number of carbonyl (C=O) groups excluding carboxylic acids is 1. The molecule has 0 spiro atoms. The summed E-state index contributed by atoms with van der Waals surface area (Å²) in [6.07, 6.45) is 1.40. The van der Waals surface area contributed by atoms with Gasteiger partial charge in [0.2, 0.25) is 0 Å². The van der Waals surface area contributed by atoms with Crippen LogP contribution in [0.25, 0.3) is 0 Å². The van der Waals surface area contributed by atoms with Gasteiger partial charge in [-0.25, -0.2) is 0 Å². The number of hydrogen-bond donors (Lipinski definition) is 0. The van der Waals surface area contributed by atoms with Gasteiger partial charge in [-0.3, -0.25) is 4.79 Å². The second-order valence-electron chi connectivity index (χ2n) is 1.49. The molecule has 0 aliphatic heterocycles. The van der Waals surface area contributed by atoms with Gasteiger partial charge in [0.15, 0.2) is 0 Å². The topological polar surface area (TPSA) is 17.1 Å². The lowest BCUT2D eigenvalue weighted by atomic mass is 10.2. The van der Waals surface area contributed by atoms with E-state index in [0.29, 0.717) is 14.1 Å². The lowest BCUT2D eigenvalue weighted by Crippen LogP contribution is -1.98. The van der Waals surface area contributed by atoms with E-state index in [1.165, 1.54) is 0 Å². The van der Waals surface area contributed by atoms with Gasteiger partial charge in [0, 0.05) is 12.8 Å². The van der Waals surface area contributed by atoms with Crippen molar-refractivity contribution in [3.63, 3.8) is 0 Å². The first-order valence-electron chi connectivity index (χ1n) is 2.46. The number of carbonyl (C=O) groups is 1. The van der Waals surface area contributed by atoms with Crippen LogP contribution in [0.2, 0.25) is 0 Å². The molecule has 0 N–H and O–H groups in total. The van der Waals surface area contributed by atoms with Crippen LogP contribution in [-0.2, 0) is 4.79 Å². The van der Waals surface area contributed by atoms with Crippen LogP contribution in [0.1, 0.15) is 19.8 Å². The van der Waals surface area contributed by atoms with E-state index in [1.807, 2.05) is 6.92 Å². The summed E-state index contributed by atoms with van der Waals surface area (Å²) in [5.74, 6) is 0.360. The van der Waals surface area contributed by atoms with Crippen LogP contribution >= 0.6 is 45.2 Å². The normalized spacial score (nSPS) is 10.0. The molecule has 8 heavy (non-hydrogen) atoms. The van der Waals surface area contributed by atoms with Crippen LogP contribution in [0.15, 0.2) is 0 Å². The Kier molecular flexibility index (Phi) is 5.66. The summed E-state index contributed by atoms with van der Waals surface area (Å²) in [5, 5.41) is 0. The molecule has 0 unspecified atom stereocenters. The summed E-state index contributed by atoms with van der Waals surface area (Å²) in [6.45, 7) is 1.90. The Morgan fingerprint density at radius 2 is 2.12 bits per heavy atom. The highest BCUT2D eigenvalue weighted by molar-refractivity contribution is 14.2. The van der Waals surface area contributed by atoms with Gasteiger partial charge in [-0.05, 0) is 0 Å². The van der Waals surface area contributed by atoms with Gasteiger partial charge < -0.3 is 0 Å². The predicted octanol–water partition coefficient (Wildman–Crippen LogP) is 2.55. The van der Waals surface area contributed by atoms with Crippen molar-refractivity contribution in [2.24, 2.45) is 0 Å². The third-order valence-corrected chi connectivity index (χ3v) is 1.66. The fourth-order valence-corrected chi connectivity index (χ4v) is 1.30. The molecule has 0 aliphatic rings. The highest BCUT2D eigenvalue weighted by atomic mass is 127. The predicted molar refractivity (Wildman–Crippen MR) is 51.7 cm³/mol. The Bertz CT molecular complexity index is 80.5. The molecule has 0 bridgehead atoms.